The van der Waals surface area contributed by atoms with Gasteiger partial charge in [0.15, 0.2) is 17.4 Å². The SMILES string of the molecule is O=C(NCC1CCCCC1Br)c1cc(F)c(F)c(O)c1F. The van der Waals surface area contributed by atoms with Crippen molar-refractivity contribution in [2.45, 2.75) is 30.5 Å². The second-order valence-corrected chi connectivity index (χ2v) is 6.33. The Morgan fingerprint density at radius 1 is 1.29 bits per heavy atom. The number of rotatable bonds is 3. The lowest BCUT2D eigenvalue weighted by Gasteiger charge is -2.27. The third kappa shape index (κ3) is 3.51. The van der Waals surface area contributed by atoms with Crippen LogP contribution in [0.5, 0.6) is 5.75 Å². The van der Waals surface area contributed by atoms with Gasteiger partial charge in [0.05, 0.1) is 5.56 Å². The Kier molecular flexibility index (Phi) is 5.13. The van der Waals surface area contributed by atoms with E-state index in [1.807, 2.05) is 0 Å². The van der Waals surface area contributed by atoms with Gasteiger partial charge in [-0.15, -0.1) is 0 Å². The van der Waals surface area contributed by atoms with E-state index in [4.69, 9.17) is 5.11 Å². The van der Waals surface area contributed by atoms with E-state index in [-0.39, 0.29) is 10.7 Å². The molecule has 0 heterocycles. The van der Waals surface area contributed by atoms with Crippen molar-refractivity contribution in [3.63, 3.8) is 0 Å². The molecule has 0 bridgehead atoms. The maximum Gasteiger partial charge on any atom is 0.254 e. The van der Waals surface area contributed by atoms with Gasteiger partial charge in [-0.2, -0.15) is 4.39 Å². The maximum absolute atomic E-state index is 13.6. The molecule has 116 valence electrons. The predicted molar refractivity (Wildman–Crippen MR) is 75.0 cm³/mol. The van der Waals surface area contributed by atoms with E-state index in [1.165, 1.54) is 0 Å². The number of benzene rings is 1. The van der Waals surface area contributed by atoms with Gasteiger partial charge in [-0.05, 0) is 24.8 Å². The Labute approximate surface area is 128 Å². The molecule has 2 N–H and O–H groups in total. The number of carbonyl (C=O) groups excluding carboxylic acids is 1. The van der Waals surface area contributed by atoms with Crippen LogP contribution in [0, 0.1) is 23.4 Å². The average Bonchev–Trinajstić information content (AvgIpc) is 2.47. The van der Waals surface area contributed by atoms with E-state index in [0.717, 1.165) is 25.7 Å². The van der Waals surface area contributed by atoms with Crippen LogP contribution in [0.3, 0.4) is 0 Å². The summed E-state index contributed by atoms with van der Waals surface area (Å²) in [4.78, 5) is 12.1. The molecule has 1 fully saturated rings. The highest BCUT2D eigenvalue weighted by atomic mass is 79.9. The second-order valence-electron chi connectivity index (χ2n) is 5.15. The number of amides is 1. The van der Waals surface area contributed by atoms with E-state index < -0.39 is 34.7 Å². The number of alkyl halides is 1. The number of hydrogen-bond acceptors (Lipinski definition) is 2. The fraction of sp³-hybridized carbons (Fsp3) is 0.500. The molecule has 0 saturated heterocycles. The first kappa shape index (κ1) is 16.1. The van der Waals surface area contributed by atoms with Crippen LogP contribution in [0.25, 0.3) is 0 Å². The quantitative estimate of drug-likeness (QED) is 0.636. The zero-order valence-corrected chi connectivity index (χ0v) is 12.7. The molecule has 1 aromatic rings. The fourth-order valence-electron chi connectivity index (χ4n) is 2.47. The summed E-state index contributed by atoms with van der Waals surface area (Å²) < 4.78 is 39.7. The number of hydrogen-bond donors (Lipinski definition) is 2. The molecule has 1 saturated carbocycles. The number of aromatic hydroxyl groups is 1. The topological polar surface area (TPSA) is 49.3 Å². The van der Waals surface area contributed by atoms with E-state index in [1.54, 1.807) is 0 Å². The summed E-state index contributed by atoms with van der Waals surface area (Å²) in [6.07, 6.45) is 4.11. The normalized spacial score (nSPS) is 22.1. The van der Waals surface area contributed by atoms with E-state index >= 15 is 0 Å². The Bertz CT molecular complexity index is 554. The largest absolute Gasteiger partial charge is 0.503 e. The summed E-state index contributed by atoms with van der Waals surface area (Å²) in [6.45, 7) is 0.313. The van der Waals surface area contributed by atoms with Crippen molar-refractivity contribution < 1.29 is 23.1 Å². The van der Waals surface area contributed by atoms with E-state index in [0.29, 0.717) is 12.6 Å². The number of phenolic OH excluding ortho intramolecular Hbond substituents is 1. The summed E-state index contributed by atoms with van der Waals surface area (Å²) in [7, 11) is 0. The lowest BCUT2D eigenvalue weighted by atomic mass is 9.89. The molecule has 0 aliphatic heterocycles. The van der Waals surface area contributed by atoms with Crippen LogP contribution in [0.2, 0.25) is 0 Å². The predicted octanol–water partition coefficient (Wildman–Crippen LogP) is 3.49. The minimum absolute atomic E-state index is 0.213. The number of halogens is 4. The number of carbonyl (C=O) groups is 1. The van der Waals surface area contributed by atoms with Crippen LogP contribution in [0.4, 0.5) is 13.2 Å². The molecule has 2 atom stereocenters. The Morgan fingerprint density at radius 3 is 2.62 bits per heavy atom. The lowest BCUT2D eigenvalue weighted by molar-refractivity contribution is 0.0938. The summed E-state index contributed by atoms with van der Waals surface area (Å²) in [6, 6.07) is 0.451. The minimum atomic E-state index is -1.70. The molecule has 1 aromatic carbocycles. The first-order valence-electron chi connectivity index (χ1n) is 6.70. The Morgan fingerprint density at radius 2 is 1.95 bits per heavy atom. The van der Waals surface area contributed by atoms with Gasteiger partial charge in [0.1, 0.15) is 0 Å². The lowest BCUT2D eigenvalue weighted by Crippen LogP contribution is -2.35. The van der Waals surface area contributed by atoms with E-state index in [2.05, 4.69) is 21.2 Å². The highest BCUT2D eigenvalue weighted by Crippen LogP contribution is 2.30. The highest BCUT2D eigenvalue weighted by Gasteiger charge is 2.25. The molecule has 2 unspecified atom stereocenters. The second kappa shape index (κ2) is 6.68. The van der Waals surface area contributed by atoms with Crippen molar-refractivity contribution in [1.29, 1.82) is 0 Å². The van der Waals surface area contributed by atoms with Crippen molar-refractivity contribution >= 4 is 21.8 Å². The molecular weight excluding hydrogens is 351 g/mol. The summed E-state index contributed by atoms with van der Waals surface area (Å²) in [5.74, 6) is -6.75. The Hall–Kier alpha value is -1.24. The smallest absolute Gasteiger partial charge is 0.254 e. The van der Waals surface area contributed by atoms with Gasteiger partial charge in [-0.3, -0.25) is 4.79 Å². The van der Waals surface area contributed by atoms with Gasteiger partial charge in [-0.1, -0.05) is 28.8 Å². The molecule has 1 aliphatic rings. The summed E-state index contributed by atoms with van der Waals surface area (Å²) in [5, 5.41) is 11.6. The van der Waals surface area contributed by atoms with Gasteiger partial charge in [0.25, 0.3) is 5.91 Å². The average molecular weight is 366 g/mol. The molecular formula is C14H15BrF3NO2. The van der Waals surface area contributed by atoms with Crippen LogP contribution in [-0.4, -0.2) is 22.4 Å². The monoisotopic (exact) mass is 365 g/mol. The van der Waals surface area contributed by atoms with Crippen LogP contribution in [0.15, 0.2) is 6.07 Å². The summed E-state index contributed by atoms with van der Waals surface area (Å²) >= 11 is 3.53. The maximum atomic E-state index is 13.6. The molecule has 3 nitrogen and oxygen atoms in total. The summed E-state index contributed by atoms with van der Waals surface area (Å²) in [5.41, 5.74) is -0.701. The number of phenols is 1. The van der Waals surface area contributed by atoms with Gasteiger partial charge in [0.2, 0.25) is 5.82 Å². The van der Waals surface area contributed by atoms with Crippen molar-refractivity contribution in [3.8, 4) is 5.75 Å². The van der Waals surface area contributed by atoms with Gasteiger partial charge < -0.3 is 10.4 Å². The molecule has 2 rings (SSSR count). The van der Waals surface area contributed by atoms with Gasteiger partial charge >= 0.3 is 0 Å². The van der Waals surface area contributed by atoms with Gasteiger partial charge in [0, 0.05) is 11.4 Å². The third-order valence-electron chi connectivity index (χ3n) is 3.72. The molecule has 0 aromatic heterocycles. The zero-order chi connectivity index (χ0) is 15.6. The Balaban J connectivity index is 2.07. The van der Waals surface area contributed by atoms with Crippen LogP contribution in [-0.2, 0) is 0 Å². The van der Waals surface area contributed by atoms with Crippen molar-refractivity contribution in [2.24, 2.45) is 5.92 Å². The molecule has 1 aliphatic carbocycles. The molecule has 7 heteroatoms. The van der Waals surface area contributed by atoms with Crippen LogP contribution in [0.1, 0.15) is 36.0 Å². The van der Waals surface area contributed by atoms with E-state index in [9.17, 15) is 18.0 Å². The standard InChI is InChI=1S/C14H15BrF3NO2/c15-9-4-2-1-3-7(9)6-19-14(21)8-5-10(16)12(18)13(20)11(8)17/h5,7,9,20H,1-4,6H2,(H,19,21). The molecule has 1 amide bonds. The first-order chi connectivity index (χ1) is 9.91. The van der Waals surface area contributed by atoms with Crippen molar-refractivity contribution in [1.82, 2.24) is 5.32 Å². The number of nitrogens with one attached hydrogen (secondary N) is 1. The molecule has 0 spiro atoms. The van der Waals surface area contributed by atoms with Crippen molar-refractivity contribution in [2.75, 3.05) is 6.54 Å². The first-order valence-corrected chi connectivity index (χ1v) is 7.62. The van der Waals surface area contributed by atoms with Gasteiger partial charge in [-0.25, -0.2) is 8.78 Å². The molecule has 21 heavy (non-hydrogen) atoms. The third-order valence-corrected chi connectivity index (χ3v) is 4.92. The van der Waals surface area contributed by atoms with Crippen LogP contribution >= 0.6 is 15.9 Å². The zero-order valence-electron chi connectivity index (χ0n) is 11.1. The molecule has 0 radical (unpaired) electrons. The highest BCUT2D eigenvalue weighted by molar-refractivity contribution is 9.09. The van der Waals surface area contributed by atoms with Crippen molar-refractivity contribution in [3.05, 3.63) is 29.1 Å². The fourth-order valence-corrected chi connectivity index (χ4v) is 3.24. The minimum Gasteiger partial charge on any atom is -0.503 e. The van der Waals surface area contributed by atoms with Crippen LogP contribution < -0.4 is 5.32 Å².